The van der Waals surface area contributed by atoms with Crippen molar-refractivity contribution >= 4 is 5.97 Å². The molecule has 0 saturated heterocycles. The monoisotopic (exact) mass is 198 g/mol. The van der Waals surface area contributed by atoms with E-state index in [2.05, 4.69) is 4.74 Å². The molecule has 3 heteroatoms. The smallest absolute Gasteiger partial charge is 0.308 e. The van der Waals surface area contributed by atoms with Crippen molar-refractivity contribution in [3.63, 3.8) is 0 Å². The van der Waals surface area contributed by atoms with E-state index in [1.165, 1.54) is 26.4 Å². The van der Waals surface area contributed by atoms with E-state index in [-0.39, 0.29) is 11.6 Å². The van der Waals surface area contributed by atoms with Crippen LogP contribution in [0, 0.1) is 5.92 Å². The van der Waals surface area contributed by atoms with Gasteiger partial charge < -0.3 is 9.47 Å². The second-order valence-corrected chi connectivity index (χ2v) is 4.54. The number of methoxy groups -OCH3 is 1. The van der Waals surface area contributed by atoms with Gasteiger partial charge in [-0.05, 0) is 38.0 Å². The molecule has 0 unspecified atom stereocenters. The molecule has 0 N–H and O–H groups in total. The van der Waals surface area contributed by atoms with Crippen molar-refractivity contribution in [2.75, 3.05) is 13.7 Å². The second-order valence-electron chi connectivity index (χ2n) is 4.54. The number of rotatable bonds is 5. The minimum Gasteiger partial charge on any atom is -0.469 e. The number of carbonyl (C=O) groups is 1. The molecule has 0 aliphatic heterocycles. The van der Waals surface area contributed by atoms with Gasteiger partial charge in [0.25, 0.3) is 0 Å². The fraction of sp³-hybridized carbons (Fsp3) is 0.909. The molecule has 2 aliphatic carbocycles. The molecular formula is C11H18O3. The average Bonchev–Trinajstić information content (AvgIpc) is 2.92. The lowest BCUT2D eigenvalue weighted by molar-refractivity contribution is -0.158. The standard InChI is InChI=1S/C11H18O3/c1-13-10(12)7-11(5-2-6-11)14-8-9-3-4-9/h9H,2-8H2,1H3. The van der Waals surface area contributed by atoms with Gasteiger partial charge in [0.2, 0.25) is 0 Å². The summed E-state index contributed by atoms with van der Waals surface area (Å²) < 4.78 is 10.5. The molecule has 0 bridgehead atoms. The van der Waals surface area contributed by atoms with Gasteiger partial charge in [-0.2, -0.15) is 0 Å². The molecule has 3 nitrogen and oxygen atoms in total. The maximum Gasteiger partial charge on any atom is 0.308 e. The summed E-state index contributed by atoms with van der Waals surface area (Å²) in [7, 11) is 1.44. The highest BCUT2D eigenvalue weighted by atomic mass is 16.5. The van der Waals surface area contributed by atoms with Crippen LogP contribution in [0.5, 0.6) is 0 Å². The Balaban J connectivity index is 1.78. The Morgan fingerprint density at radius 2 is 2.14 bits per heavy atom. The highest BCUT2D eigenvalue weighted by Crippen LogP contribution is 2.41. The van der Waals surface area contributed by atoms with Crippen LogP contribution in [0.1, 0.15) is 38.5 Å². The second kappa shape index (κ2) is 3.89. The quantitative estimate of drug-likeness (QED) is 0.633. The first-order chi connectivity index (χ1) is 6.74. The molecular weight excluding hydrogens is 180 g/mol. The van der Waals surface area contributed by atoms with Crippen molar-refractivity contribution in [1.82, 2.24) is 0 Å². The van der Waals surface area contributed by atoms with Crippen molar-refractivity contribution in [1.29, 1.82) is 0 Å². The van der Waals surface area contributed by atoms with E-state index in [9.17, 15) is 4.79 Å². The highest BCUT2D eigenvalue weighted by molar-refractivity contribution is 5.70. The van der Waals surface area contributed by atoms with Gasteiger partial charge in [-0.3, -0.25) is 4.79 Å². The summed E-state index contributed by atoms with van der Waals surface area (Å²) in [4.78, 5) is 11.2. The molecule has 2 saturated carbocycles. The molecule has 2 fully saturated rings. The Kier molecular flexibility index (Phi) is 2.77. The average molecular weight is 198 g/mol. The minimum atomic E-state index is -0.157. The summed E-state index contributed by atoms with van der Waals surface area (Å²) in [5.41, 5.74) is -0.157. The van der Waals surface area contributed by atoms with E-state index in [0.717, 1.165) is 25.4 Å². The lowest BCUT2D eigenvalue weighted by atomic mass is 9.77. The molecule has 0 heterocycles. The Bertz CT molecular complexity index is 217. The first-order valence-electron chi connectivity index (χ1n) is 5.45. The predicted octanol–water partition coefficient (Wildman–Crippen LogP) is 1.90. The summed E-state index contributed by atoms with van der Waals surface area (Å²) in [5, 5.41) is 0. The van der Waals surface area contributed by atoms with Gasteiger partial charge in [0, 0.05) is 0 Å². The number of esters is 1. The third-order valence-electron chi connectivity index (χ3n) is 3.28. The van der Waals surface area contributed by atoms with E-state index in [1.54, 1.807) is 0 Å². The Labute approximate surface area is 84.8 Å². The summed E-state index contributed by atoms with van der Waals surface area (Å²) in [5.74, 6) is 0.630. The topological polar surface area (TPSA) is 35.5 Å². The van der Waals surface area contributed by atoms with Crippen LogP contribution in [-0.4, -0.2) is 25.3 Å². The molecule has 0 aromatic rings. The van der Waals surface area contributed by atoms with Crippen molar-refractivity contribution in [2.24, 2.45) is 5.92 Å². The van der Waals surface area contributed by atoms with E-state index in [1.807, 2.05) is 0 Å². The summed E-state index contributed by atoms with van der Waals surface area (Å²) >= 11 is 0. The first-order valence-corrected chi connectivity index (χ1v) is 5.45. The number of hydrogen-bond acceptors (Lipinski definition) is 3. The molecule has 0 atom stereocenters. The van der Waals surface area contributed by atoms with Gasteiger partial charge in [-0.15, -0.1) is 0 Å². The van der Waals surface area contributed by atoms with Crippen molar-refractivity contribution in [3.8, 4) is 0 Å². The summed E-state index contributed by atoms with van der Waals surface area (Å²) in [6.45, 7) is 0.844. The number of hydrogen-bond donors (Lipinski definition) is 0. The highest BCUT2D eigenvalue weighted by Gasteiger charge is 2.41. The zero-order valence-electron chi connectivity index (χ0n) is 8.75. The maximum absolute atomic E-state index is 11.2. The van der Waals surface area contributed by atoms with Crippen LogP contribution in [0.2, 0.25) is 0 Å². The van der Waals surface area contributed by atoms with Crippen molar-refractivity contribution < 1.29 is 14.3 Å². The minimum absolute atomic E-state index is 0.138. The van der Waals surface area contributed by atoms with Gasteiger partial charge in [-0.1, -0.05) is 0 Å². The predicted molar refractivity (Wildman–Crippen MR) is 51.9 cm³/mol. The molecule has 0 aromatic carbocycles. The van der Waals surface area contributed by atoms with Crippen LogP contribution in [0.3, 0.4) is 0 Å². The molecule has 0 spiro atoms. The molecule has 80 valence electrons. The van der Waals surface area contributed by atoms with Gasteiger partial charge >= 0.3 is 5.97 Å². The van der Waals surface area contributed by atoms with Gasteiger partial charge in [0.05, 0.1) is 25.7 Å². The van der Waals surface area contributed by atoms with Crippen LogP contribution in [0.25, 0.3) is 0 Å². The van der Waals surface area contributed by atoms with Gasteiger partial charge in [-0.25, -0.2) is 0 Å². The third-order valence-corrected chi connectivity index (χ3v) is 3.28. The van der Waals surface area contributed by atoms with E-state index >= 15 is 0 Å². The third kappa shape index (κ3) is 2.27. The SMILES string of the molecule is COC(=O)CC1(OCC2CC2)CCC1. The first kappa shape index (κ1) is 9.97. The van der Waals surface area contributed by atoms with Gasteiger partial charge in [0.1, 0.15) is 0 Å². The fourth-order valence-electron chi connectivity index (χ4n) is 1.86. The molecule has 0 aromatic heterocycles. The summed E-state index contributed by atoms with van der Waals surface area (Å²) in [6, 6.07) is 0. The Hall–Kier alpha value is -0.570. The number of carbonyl (C=O) groups excluding carboxylic acids is 1. The van der Waals surface area contributed by atoms with Crippen molar-refractivity contribution in [2.45, 2.75) is 44.1 Å². The van der Waals surface area contributed by atoms with Crippen molar-refractivity contribution in [3.05, 3.63) is 0 Å². The van der Waals surface area contributed by atoms with Crippen LogP contribution in [0.15, 0.2) is 0 Å². The molecule has 14 heavy (non-hydrogen) atoms. The molecule has 0 amide bonds. The lowest BCUT2D eigenvalue weighted by Crippen LogP contribution is -2.42. The van der Waals surface area contributed by atoms with E-state index < -0.39 is 0 Å². The van der Waals surface area contributed by atoms with Crippen LogP contribution in [-0.2, 0) is 14.3 Å². The van der Waals surface area contributed by atoms with E-state index in [4.69, 9.17) is 4.74 Å². The number of ether oxygens (including phenoxy) is 2. The zero-order chi connectivity index (χ0) is 10.0. The van der Waals surface area contributed by atoms with Crippen LogP contribution in [0.4, 0.5) is 0 Å². The Morgan fingerprint density at radius 1 is 1.43 bits per heavy atom. The molecule has 2 rings (SSSR count). The van der Waals surface area contributed by atoms with Crippen LogP contribution < -0.4 is 0 Å². The summed E-state index contributed by atoms with van der Waals surface area (Å²) in [6.07, 6.45) is 6.27. The normalized spacial score (nSPS) is 24.1. The molecule has 2 aliphatic rings. The zero-order valence-corrected chi connectivity index (χ0v) is 8.75. The van der Waals surface area contributed by atoms with E-state index in [0.29, 0.717) is 6.42 Å². The fourth-order valence-corrected chi connectivity index (χ4v) is 1.86. The van der Waals surface area contributed by atoms with Gasteiger partial charge in [0.15, 0.2) is 0 Å². The largest absolute Gasteiger partial charge is 0.469 e. The maximum atomic E-state index is 11.2. The lowest BCUT2D eigenvalue weighted by Gasteiger charge is -2.40. The Morgan fingerprint density at radius 3 is 2.57 bits per heavy atom. The van der Waals surface area contributed by atoms with Crippen LogP contribution >= 0.6 is 0 Å². The molecule has 0 radical (unpaired) electrons.